The van der Waals surface area contributed by atoms with Gasteiger partial charge < -0.3 is 4.43 Å². The summed E-state index contributed by atoms with van der Waals surface area (Å²) < 4.78 is 7.15. The van der Waals surface area contributed by atoms with Crippen molar-refractivity contribution >= 4 is 21.6 Å². The maximum atomic E-state index is 7.15. The third kappa shape index (κ3) is 5.34. The minimum Gasteiger partial charge on any atom is -0.413 e. The molecule has 28 heavy (non-hydrogen) atoms. The van der Waals surface area contributed by atoms with Crippen molar-refractivity contribution in [2.24, 2.45) is 0 Å². The van der Waals surface area contributed by atoms with Crippen molar-refractivity contribution in [3.05, 3.63) is 78.9 Å². The van der Waals surface area contributed by atoms with Crippen LogP contribution < -0.4 is 5.19 Å². The number of hydrogen-bond donors (Lipinski definition) is 0. The van der Waals surface area contributed by atoms with Crippen LogP contribution >= 0.6 is 0 Å². The largest absolute Gasteiger partial charge is 0.413 e. The van der Waals surface area contributed by atoms with Gasteiger partial charge >= 0.3 is 0 Å². The SMILES string of the molecule is C=C[C@H]([C@H](Cc1ccccc1)O[Si](CC)(CC)CC)[Si](C)(C)c1ccccc1. The Hall–Kier alpha value is -1.43. The van der Waals surface area contributed by atoms with E-state index in [0.29, 0.717) is 5.54 Å². The summed E-state index contributed by atoms with van der Waals surface area (Å²) in [7, 11) is -3.50. The topological polar surface area (TPSA) is 9.23 Å². The van der Waals surface area contributed by atoms with Crippen LogP contribution in [0.1, 0.15) is 26.3 Å². The highest BCUT2D eigenvalue weighted by Gasteiger charge is 2.41. The summed E-state index contributed by atoms with van der Waals surface area (Å²) in [6.07, 6.45) is 3.37. The molecule has 0 aliphatic rings. The molecule has 152 valence electrons. The van der Waals surface area contributed by atoms with Gasteiger partial charge in [-0.15, -0.1) is 6.58 Å². The Labute approximate surface area is 175 Å². The monoisotopic (exact) mass is 410 g/mol. The summed E-state index contributed by atoms with van der Waals surface area (Å²) >= 11 is 0. The zero-order valence-corrected chi connectivity index (χ0v) is 20.4. The summed E-state index contributed by atoms with van der Waals surface area (Å²) in [5, 5.41) is 1.48. The van der Waals surface area contributed by atoms with Gasteiger partial charge in [0, 0.05) is 5.54 Å². The highest BCUT2D eigenvalue weighted by atomic mass is 28.4. The number of hydrogen-bond acceptors (Lipinski definition) is 1. The van der Waals surface area contributed by atoms with Crippen LogP contribution in [0.2, 0.25) is 36.8 Å². The van der Waals surface area contributed by atoms with Gasteiger partial charge in [0.25, 0.3) is 0 Å². The van der Waals surface area contributed by atoms with Gasteiger partial charge in [-0.25, -0.2) is 0 Å². The third-order valence-corrected chi connectivity index (χ3v) is 15.4. The van der Waals surface area contributed by atoms with Gasteiger partial charge in [-0.1, -0.05) is 106 Å². The van der Waals surface area contributed by atoms with Crippen LogP contribution in [0, 0.1) is 0 Å². The molecule has 0 unspecified atom stereocenters. The fourth-order valence-electron chi connectivity index (χ4n) is 4.38. The maximum Gasteiger partial charge on any atom is 0.192 e. The van der Waals surface area contributed by atoms with E-state index in [9.17, 15) is 0 Å². The van der Waals surface area contributed by atoms with Crippen molar-refractivity contribution in [2.45, 2.75) is 70.1 Å². The van der Waals surface area contributed by atoms with E-state index in [-0.39, 0.29) is 6.10 Å². The molecule has 0 bridgehead atoms. The van der Waals surface area contributed by atoms with E-state index >= 15 is 0 Å². The van der Waals surface area contributed by atoms with Crippen molar-refractivity contribution < 1.29 is 4.43 Å². The minimum atomic E-state index is -1.78. The molecule has 0 amide bonds. The first-order valence-electron chi connectivity index (χ1n) is 10.8. The van der Waals surface area contributed by atoms with Crippen LogP contribution in [0.3, 0.4) is 0 Å². The molecule has 0 fully saturated rings. The van der Waals surface area contributed by atoms with E-state index in [0.717, 1.165) is 6.42 Å². The molecule has 0 N–H and O–H groups in total. The van der Waals surface area contributed by atoms with E-state index in [4.69, 9.17) is 4.43 Å². The molecule has 0 aliphatic heterocycles. The number of benzene rings is 2. The summed E-state index contributed by atoms with van der Waals surface area (Å²) in [6.45, 7) is 16.2. The Kier molecular flexibility index (Phi) is 8.47. The zero-order valence-electron chi connectivity index (χ0n) is 18.4. The van der Waals surface area contributed by atoms with E-state index in [1.54, 1.807) is 0 Å². The number of rotatable bonds is 11. The minimum absolute atomic E-state index is 0.202. The molecule has 0 radical (unpaired) electrons. The molecule has 3 heteroatoms. The second kappa shape index (κ2) is 10.4. The van der Waals surface area contributed by atoms with Crippen molar-refractivity contribution in [1.29, 1.82) is 0 Å². The molecule has 2 aromatic carbocycles. The molecule has 0 aliphatic carbocycles. The lowest BCUT2D eigenvalue weighted by atomic mass is 10.1. The molecule has 2 atom stereocenters. The zero-order chi connectivity index (χ0) is 20.6. The van der Waals surface area contributed by atoms with Gasteiger partial charge in [0.15, 0.2) is 8.32 Å². The standard InChI is InChI=1S/C25H38OSi2/c1-7-25(27(5,6)23-19-15-12-16-20-23)24(21-22-17-13-11-14-18-22)26-28(8-2,9-3)10-4/h7,11-20,24-25H,1,8-10,21H2,2-6H3/t24-,25+/m0/s1. The Morgan fingerprint density at radius 1 is 0.857 bits per heavy atom. The van der Waals surface area contributed by atoms with Crippen LogP contribution in [-0.4, -0.2) is 22.5 Å². The second-order valence-electron chi connectivity index (χ2n) is 8.44. The predicted molar refractivity (Wildman–Crippen MR) is 130 cm³/mol. The lowest BCUT2D eigenvalue weighted by molar-refractivity contribution is 0.188. The van der Waals surface area contributed by atoms with Crippen LogP contribution in [0.25, 0.3) is 0 Å². The van der Waals surface area contributed by atoms with Gasteiger partial charge in [0.2, 0.25) is 0 Å². The summed E-state index contributed by atoms with van der Waals surface area (Å²) in [4.78, 5) is 0. The van der Waals surface area contributed by atoms with Crippen molar-refractivity contribution in [1.82, 2.24) is 0 Å². The summed E-state index contributed by atoms with van der Waals surface area (Å²) in [5.74, 6) is 0. The maximum absolute atomic E-state index is 7.15. The van der Waals surface area contributed by atoms with Gasteiger partial charge in [0.1, 0.15) is 0 Å². The Morgan fingerprint density at radius 3 is 1.82 bits per heavy atom. The molecule has 0 saturated carbocycles. The van der Waals surface area contributed by atoms with E-state index in [1.165, 1.54) is 28.9 Å². The highest BCUT2D eigenvalue weighted by Crippen LogP contribution is 2.35. The van der Waals surface area contributed by atoms with E-state index in [1.807, 2.05) is 0 Å². The van der Waals surface area contributed by atoms with E-state index < -0.39 is 16.4 Å². The van der Waals surface area contributed by atoms with E-state index in [2.05, 4.69) is 107 Å². The van der Waals surface area contributed by atoms with Crippen LogP contribution in [0.15, 0.2) is 73.3 Å². The van der Waals surface area contributed by atoms with Crippen molar-refractivity contribution in [3.63, 3.8) is 0 Å². The smallest absolute Gasteiger partial charge is 0.192 e. The molecule has 1 nitrogen and oxygen atoms in total. The highest BCUT2D eigenvalue weighted by molar-refractivity contribution is 6.91. The van der Waals surface area contributed by atoms with Gasteiger partial charge in [-0.2, -0.15) is 0 Å². The first-order valence-corrected chi connectivity index (χ1v) is 16.4. The lowest BCUT2D eigenvalue weighted by Gasteiger charge is -2.42. The van der Waals surface area contributed by atoms with Crippen molar-refractivity contribution in [2.75, 3.05) is 0 Å². The van der Waals surface area contributed by atoms with Crippen molar-refractivity contribution in [3.8, 4) is 0 Å². The molecule has 0 aromatic heterocycles. The van der Waals surface area contributed by atoms with Gasteiger partial charge in [-0.3, -0.25) is 0 Å². The van der Waals surface area contributed by atoms with Crippen LogP contribution in [0.5, 0.6) is 0 Å². The molecule has 0 spiro atoms. The van der Waals surface area contributed by atoms with Gasteiger partial charge in [-0.05, 0) is 30.1 Å². The molecule has 2 rings (SSSR count). The summed E-state index contributed by atoms with van der Waals surface area (Å²) in [5.41, 5.74) is 1.75. The quantitative estimate of drug-likeness (QED) is 0.293. The Bertz CT molecular complexity index is 700. The molecule has 2 aromatic rings. The lowest BCUT2D eigenvalue weighted by Crippen LogP contribution is -2.53. The fourth-order valence-corrected chi connectivity index (χ4v) is 10.5. The Balaban J connectivity index is 2.43. The van der Waals surface area contributed by atoms with Crippen LogP contribution in [-0.2, 0) is 10.8 Å². The first-order chi connectivity index (χ1) is 13.4. The second-order valence-corrected chi connectivity index (χ2v) is 17.8. The first kappa shape index (κ1) is 22.9. The summed E-state index contributed by atoms with van der Waals surface area (Å²) in [6, 6.07) is 25.4. The molecule has 0 saturated heterocycles. The molecular weight excluding hydrogens is 372 g/mol. The Morgan fingerprint density at radius 2 is 1.36 bits per heavy atom. The fraction of sp³-hybridized carbons (Fsp3) is 0.440. The molecular formula is C25H38OSi2. The predicted octanol–water partition coefficient (Wildman–Crippen LogP) is 6.79. The average Bonchev–Trinajstić information content (AvgIpc) is 2.73. The van der Waals surface area contributed by atoms with Gasteiger partial charge in [0.05, 0.1) is 14.2 Å². The normalized spacial score (nSPS) is 14.5. The van der Waals surface area contributed by atoms with Crippen LogP contribution in [0.4, 0.5) is 0 Å². The average molecular weight is 411 g/mol. The third-order valence-electron chi connectivity index (χ3n) is 6.62. The molecule has 0 heterocycles.